The highest BCUT2D eigenvalue weighted by atomic mass is 79.9. The molecule has 5 heteroatoms. The molecule has 1 N–H and O–H groups in total. The molecule has 1 fully saturated rings. The van der Waals surface area contributed by atoms with E-state index in [9.17, 15) is 4.79 Å². The summed E-state index contributed by atoms with van der Waals surface area (Å²) < 4.78 is 6.01. The summed E-state index contributed by atoms with van der Waals surface area (Å²) in [6.07, 6.45) is 1.11. The van der Waals surface area contributed by atoms with Gasteiger partial charge in [-0.15, -0.1) is 0 Å². The highest BCUT2D eigenvalue weighted by Crippen LogP contribution is 2.31. The second-order valence-electron chi connectivity index (χ2n) is 4.53. The summed E-state index contributed by atoms with van der Waals surface area (Å²) in [7, 11) is 1.72. The Balaban J connectivity index is 2.12. The van der Waals surface area contributed by atoms with Crippen LogP contribution in [-0.4, -0.2) is 37.9 Å². The van der Waals surface area contributed by atoms with Crippen molar-refractivity contribution >= 4 is 27.6 Å². The van der Waals surface area contributed by atoms with Gasteiger partial charge in [0.25, 0.3) is 0 Å². The summed E-state index contributed by atoms with van der Waals surface area (Å²) in [5.74, 6) is -0.345. The lowest BCUT2D eigenvalue weighted by Gasteiger charge is -2.20. The van der Waals surface area contributed by atoms with Gasteiger partial charge in [0.2, 0.25) is 0 Å². The molecule has 0 aromatic heterocycles. The average Bonchev–Trinajstić information content (AvgIpc) is 2.77. The molecule has 0 radical (unpaired) electrons. The van der Waals surface area contributed by atoms with Crippen LogP contribution in [0.2, 0.25) is 0 Å². The van der Waals surface area contributed by atoms with Crippen LogP contribution in [0.15, 0.2) is 22.7 Å². The number of anilines is 1. The zero-order valence-corrected chi connectivity index (χ0v) is 11.8. The number of hydrogen-bond acceptors (Lipinski definition) is 3. The van der Waals surface area contributed by atoms with Crippen LogP contribution >= 0.6 is 15.9 Å². The fourth-order valence-electron chi connectivity index (χ4n) is 2.32. The van der Waals surface area contributed by atoms with Gasteiger partial charge < -0.3 is 14.7 Å². The largest absolute Gasteiger partial charge is 0.478 e. The maximum absolute atomic E-state index is 10.9. The van der Waals surface area contributed by atoms with Crippen LogP contribution in [0.25, 0.3) is 0 Å². The minimum atomic E-state index is -0.902. The number of hydrogen-bond donors (Lipinski definition) is 1. The quantitative estimate of drug-likeness (QED) is 0.928. The van der Waals surface area contributed by atoms with Gasteiger partial charge in [-0.2, -0.15) is 0 Å². The van der Waals surface area contributed by atoms with E-state index in [2.05, 4.69) is 20.8 Å². The molecule has 0 bridgehead atoms. The van der Waals surface area contributed by atoms with E-state index in [1.54, 1.807) is 19.2 Å². The number of carboxylic acids is 1. The lowest BCUT2D eigenvalue weighted by molar-refractivity contribution is 0.0697. The van der Waals surface area contributed by atoms with Crippen LogP contribution in [0.1, 0.15) is 16.8 Å². The second-order valence-corrected chi connectivity index (χ2v) is 5.38. The molecule has 98 valence electrons. The molecule has 1 atom stereocenters. The zero-order valence-electron chi connectivity index (χ0n) is 10.2. The number of carboxylic acid groups (broad SMARTS) is 1. The molecule has 1 unspecified atom stereocenters. The number of benzene rings is 1. The third-order valence-corrected chi connectivity index (χ3v) is 3.86. The highest BCUT2D eigenvalue weighted by molar-refractivity contribution is 9.10. The molecule has 0 amide bonds. The van der Waals surface area contributed by atoms with E-state index in [0.29, 0.717) is 11.5 Å². The van der Waals surface area contributed by atoms with Crippen molar-refractivity contribution in [2.24, 2.45) is 5.92 Å². The number of methoxy groups -OCH3 is 1. The molecular formula is C13H16BrNO3. The fourth-order valence-corrected chi connectivity index (χ4v) is 2.95. The Hall–Kier alpha value is -1.07. The van der Waals surface area contributed by atoms with E-state index in [0.717, 1.165) is 36.3 Å². The van der Waals surface area contributed by atoms with Crippen LogP contribution in [-0.2, 0) is 4.74 Å². The van der Waals surface area contributed by atoms with Crippen LogP contribution in [0.3, 0.4) is 0 Å². The monoisotopic (exact) mass is 313 g/mol. The van der Waals surface area contributed by atoms with Crippen LogP contribution in [0, 0.1) is 5.92 Å². The van der Waals surface area contributed by atoms with E-state index in [-0.39, 0.29) is 0 Å². The van der Waals surface area contributed by atoms with E-state index < -0.39 is 5.97 Å². The van der Waals surface area contributed by atoms with E-state index >= 15 is 0 Å². The van der Waals surface area contributed by atoms with Crippen LogP contribution in [0.5, 0.6) is 0 Å². The Morgan fingerprint density at radius 3 is 3.00 bits per heavy atom. The Labute approximate surface area is 115 Å². The van der Waals surface area contributed by atoms with Crippen molar-refractivity contribution in [3.63, 3.8) is 0 Å². The van der Waals surface area contributed by atoms with Crippen molar-refractivity contribution in [3.05, 3.63) is 28.2 Å². The van der Waals surface area contributed by atoms with Crippen LogP contribution < -0.4 is 4.90 Å². The summed E-state index contributed by atoms with van der Waals surface area (Å²) in [6, 6.07) is 5.16. The van der Waals surface area contributed by atoms with Crippen molar-refractivity contribution in [1.82, 2.24) is 0 Å². The average molecular weight is 314 g/mol. The molecule has 4 nitrogen and oxygen atoms in total. The van der Waals surface area contributed by atoms with E-state index in [1.165, 1.54) is 0 Å². The number of halogens is 1. The number of nitrogens with zero attached hydrogens (tertiary/aromatic N) is 1. The first-order valence-electron chi connectivity index (χ1n) is 5.88. The summed E-state index contributed by atoms with van der Waals surface area (Å²) in [6.45, 7) is 2.72. The molecule has 1 saturated heterocycles. The number of rotatable bonds is 4. The van der Waals surface area contributed by atoms with Gasteiger partial charge in [0, 0.05) is 30.6 Å². The predicted molar refractivity (Wildman–Crippen MR) is 73.3 cm³/mol. The molecule has 18 heavy (non-hydrogen) atoms. The van der Waals surface area contributed by atoms with Crippen molar-refractivity contribution in [2.75, 3.05) is 31.7 Å². The minimum Gasteiger partial charge on any atom is -0.478 e. The van der Waals surface area contributed by atoms with Crippen molar-refractivity contribution in [1.29, 1.82) is 0 Å². The molecule has 1 aromatic rings. The summed E-state index contributed by atoms with van der Waals surface area (Å²) in [5, 5.41) is 8.93. The molecule has 0 spiro atoms. The molecule has 1 aliphatic rings. The number of carbonyl (C=O) groups is 1. The Morgan fingerprint density at radius 2 is 2.39 bits per heavy atom. The second kappa shape index (κ2) is 5.71. The normalized spacial score (nSPS) is 19.2. The fraction of sp³-hybridized carbons (Fsp3) is 0.462. The molecule has 1 heterocycles. The minimum absolute atomic E-state index is 0.304. The molecule has 2 rings (SSSR count). The molecule has 1 aliphatic heterocycles. The highest BCUT2D eigenvalue weighted by Gasteiger charge is 2.24. The molecule has 0 aliphatic carbocycles. The van der Waals surface area contributed by atoms with Crippen LogP contribution in [0.4, 0.5) is 5.69 Å². The topological polar surface area (TPSA) is 49.8 Å². The van der Waals surface area contributed by atoms with Crippen molar-refractivity contribution < 1.29 is 14.6 Å². The standard InChI is InChI=1S/C13H16BrNO3/c1-18-8-9-4-5-15(7-9)12-3-2-10(13(16)17)6-11(12)14/h2-3,6,9H,4-5,7-8H2,1H3,(H,16,17). The van der Waals surface area contributed by atoms with Crippen molar-refractivity contribution in [3.8, 4) is 0 Å². The molecule has 1 aromatic carbocycles. The Kier molecular flexibility index (Phi) is 4.24. The van der Waals surface area contributed by atoms with Gasteiger partial charge in [0.05, 0.1) is 17.9 Å². The van der Waals surface area contributed by atoms with E-state index in [1.807, 2.05) is 6.07 Å². The first-order chi connectivity index (χ1) is 8.61. The first kappa shape index (κ1) is 13.4. The predicted octanol–water partition coefficient (Wildman–Crippen LogP) is 2.62. The zero-order chi connectivity index (χ0) is 13.1. The summed E-state index contributed by atoms with van der Waals surface area (Å²) in [5.41, 5.74) is 1.36. The lowest BCUT2D eigenvalue weighted by Crippen LogP contribution is -2.21. The van der Waals surface area contributed by atoms with Gasteiger partial charge in [-0.3, -0.25) is 0 Å². The van der Waals surface area contributed by atoms with Gasteiger partial charge >= 0.3 is 5.97 Å². The first-order valence-corrected chi connectivity index (χ1v) is 6.68. The number of ether oxygens (including phenoxy) is 1. The SMILES string of the molecule is COCC1CCN(c2ccc(C(=O)O)cc2Br)C1. The molecular weight excluding hydrogens is 298 g/mol. The van der Waals surface area contributed by atoms with Crippen molar-refractivity contribution in [2.45, 2.75) is 6.42 Å². The Bertz CT molecular complexity index is 450. The smallest absolute Gasteiger partial charge is 0.335 e. The van der Waals surface area contributed by atoms with E-state index in [4.69, 9.17) is 9.84 Å². The van der Waals surface area contributed by atoms with Gasteiger partial charge in [-0.1, -0.05) is 0 Å². The van der Waals surface area contributed by atoms with Gasteiger partial charge in [0.1, 0.15) is 0 Å². The third kappa shape index (κ3) is 2.84. The maximum atomic E-state index is 10.9. The third-order valence-electron chi connectivity index (χ3n) is 3.22. The molecule has 0 saturated carbocycles. The summed E-state index contributed by atoms with van der Waals surface area (Å²) >= 11 is 3.45. The Morgan fingerprint density at radius 1 is 1.61 bits per heavy atom. The number of aromatic carboxylic acids is 1. The maximum Gasteiger partial charge on any atom is 0.335 e. The summed E-state index contributed by atoms with van der Waals surface area (Å²) in [4.78, 5) is 13.1. The lowest BCUT2D eigenvalue weighted by atomic mass is 10.1. The van der Waals surface area contributed by atoms with Gasteiger partial charge in [-0.05, 0) is 40.5 Å². The van der Waals surface area contributed by atoms with Gasteiger partial charge in [-0.25, -0.2) is 4.79 Å². The van der Waals surface area contributed by atoms with Gasteiger partial charge in [0.15, 0.2) is 0 Å².